The van der Waals surface area contributed by atoms with Crippen LogP contribution in [0.25, 0.3) is 0 Å². The van der Waals surface area contributed by atoms with Crippen molar-refractivity contribution in [1.82, 2.24) is 4.57 Å². The van der Waals surface area contributed by atoms with E-state index >= 15 is 0 Å². The van der Waals surface area contributed by atoms with Gasteiger partial charge in [-0.25, -0.2) is 4.79 Å². The Balaban J connectivity index is 1.80. The molecule has 0 radical (unpaired) electrons. The number of ether oxygens (including phenoxy) is 2. The lowest BCUT2D eigenvalue weighted by atomic mass is 10.1. The molecule has 0 amide bonds. The van der Waals surface area contributed by atoms with Crippen molar-refractivity contribution in [2.75, 3.05) is 37.8 Å². The number of Topliss-reactive ketones (excluding diaryl/α,β-unsaturated/α-hetero) is 1. The van der Waals surface area contributed by atoms with E-state index in [4.69, 9.17) is 9.47 Å². The monoisotopic (exact) mass is 415 g/mol. The molecule has 2 aromatic rings. The molecule has 0 saturated carbocycles. The molecule has 0 spiro atoms. The van der Waals surface area contributed by atoms with Crippen molar-refractivity contribution in [3.05, 3.63) is 56.9 Å². The van der Waals surface area contributed by atoms with Crippen LogP contribution in [0, 0.1) is 24.0 Å². The third kappa shape index (κ3) is 4.35. The van der Waals surface area contributed by atoms with Gasteiger partial charge in [0.1, 0.15) is 0 Å². The molecular weight excluding hydrogens is 390 g/mol. The summed E-state index contributed by atoms with van der Waals surface area (Å²) in [4.78, 5) is 37.9. The van der Waals surface area contributed by atoms with Crippen molar-refractivity contribution in [3.8, 4) is 0 Å². The van der Waals surface area contributed by atoms with Crippen LogP contribution >= 0.6 is 0 Å². The van der Waals surface area contributed by atoms with E-state index in [9.17, 15) is 19.7 Å². The number of carbonyl (C=O) groups is 2. The summed E-state index contributed by atoms with van der Waals surface area (Å²) in [5, 5.41) is 11.2. The Morgan fingerprint density at radius 3 is 2.47 bits per heavy atom. The third-order valence-corrected chi connectivity index (χ3v) is 5.29. The second kappa shape index (κ2) is 9.08. The maximum absolute atomic E-state index is 12.8. The molecule has 1 aromatic heterocycles. The Morgan fingerprint density at radius 2 is 1.87 bits per heavy atom. The quantitative estimate of drug-likeness (QED) is 0.296. The zero-order valence-corrected chi connectivity index (χ0v) is 17.3. The van der Waals surface area contributed by atoms with Crippen LogP contribution in [0.5, 0.6) is 0 Å². The number of nitrogens with zero attached hydrogens (tertiary/aromatic N) is 3. The van der Waals surface area contributed by atoms with Crippen LogP contribution in [0.4, 0.5) is 11.4 Å². The average molecular weight is 415 g/mol. The van der Waals surface area contributed by atoms with Crippen molar-refractivity contribution < 1.29 is 24.0 Å². The lowest BCUT2D eigenvalue weighted by Gasteiger charge is -2.30. The van der Waals surface area contributed by atoms with E-state index in [1.807, 2.05) is 30.2 Å². The van der Waals surface area contributed by atoms with Gasteiger partial charge in [-0.1, -0.05) is 0 Å². The molecule has 160 valence electrons. The van der Waals surface area contributed by atoms with Crippen LogP contribution in [0.3, 0.4) is 0 Å². The number of non-ortho nitro benzene ring substituents is 1. The number of hydrogen-bond acceptors (Lipinski definition) is 7. The van der Waals surface area contributed by atoms with E-state index in [0.717, 1.165) is 17.9 Å². The van der Waals surface area contributed by atoms with Crippen molar-refractivity contribution >= 4 is 23.1 Å². The number of nitro groups is 1. The van der Waals surface area contributed by atoms with Crippen LogP contribution in [0.2, 0.25) is 0 Å². The van der Waals surface area contributed by atoms with Gasteiger partial charge >= 0.3 is 5.97 Å². The summed E-state index contributed by atoms with van der Waals surface area (Å²) in [6, 6.07) is 5.87. The number of aromatic nitrogens is 1. The molecule has 9 heteroatoms. The highest BCUT2D eigenvalue weighted by Gasteiger charge is 2.24. The molecule has 0 bridgehead atoms. The minimum atomic E-state index is -0.766. The summed E-state index contributed by atoms with van der Waals surface area (Å²) < 4.78 is 12.6. The molecule has 1 aliphatic rings. The first-order chi connectivity index (χ1) is 14.3. The van der Waals surface area contributed by atoms with E-state index in [0.29, 0.717) is 37.6 Å². The number of benzene rings is 1. The van der Waals surface area contributed by atoms with Gasteiger partial charge in [0.05, 0.1) is 29.4 Å². The van der Waals surface area contributed by atoms with Crippen LogP contribution in [-0.4, -0.2) is 54.2 Å². The minimum Gasteiger partial charge on any atom is -0.454 e. The second-order valence-electron chi connectivity index (χ2n) is 7.09. The highest BCUT2D eigenvalue weighted by atomic mass is 16.6. The van der Waals surface area contributed by atoms with E-state index < -0.39 is 17.5 Å². The van der Waals surface area contributed by atoms with Gasteiger partial charge in [0.15, 0.2) is 6.61 Å². The zero-order chi connectivity index (χ0) is 21.8. The number of anilines is 1. The second-order valence-corrected chi connectivity index (χ2v) is 7.09. The molecule has 1 aromatic carbocycles. The molecule has 30 heavy (non-hydrogen) atoms. The molecular formula is C21H25N3O6. The van der Waals surface area contributed by atoms with Gasteiger partial charge in [0, 0.05) is 48.7 Å². The number of esters is 1. The Labute approximate surface area is 174 Å². The van der Waals surface area contributed by atoms with Crippen LogP contribution < -0.4 is 4.90 Å². The molecule has 9 nitrogen and oxygen atoms in total. The molecule has 3 rings (SSSR count). The Morgan fingerprint density at radius 1 is 1.17 bits per heavy atom. The Bertz CT molecular complexity index is 975. The van der Waals surface area contributed by atoms with Gasteiger partial charge in [0.25, 0.3) is 5.69 Å². The van der Waals surface area contributed by atoms with Gasteiger partial charge in [-0.15, -0.1) is 0 Å². The molecule has 1 fully saturated rings. The van der Waals surface area contributed by atoms with Crippen LogP contribution in [0.15, 0.2) is 24.3 Å². The lowest BCUT2D eigenvalue weighted by molar-refractivity contribution is -0.384. The highest BCUT2D eigenvalue weighted by molar-refractivity contribution is 6.02. The number of rotatable bonds is 7. The normalized spacial score (nSPS) is 13.9. The van der Waals surface area contributed by atoms with Gasteiger partial charge in [-0.05, 0) is 32.9 Å². The van der Waals surface area contributed by atoms with Gasteiger partial charge < -0.3 is 18.9 Å². The molecule has 2 heterocycles. The number of carbonyl (C=O) groups excluding carboxylic acids is 2. The summed E-state index contributed by atoms with van der Waals surface area (Å²) in [6.07, 6.45) is 0. The molecule has 1 saturated heterocycles. The lowest BCUT2D eigenvalue weighted by Crippen LogP contribution is -2.37. The first-order valence-corrected chi connectivity index (χ1v) is 9.81. The van der Waals surface area contributed by atoms with Crippen LogP contribution in [0.1, 0.15) is 39.0 Å². The standard InChI is InChI=1S/C21H25N3O6/c1-4-23-14(2)11-17(15(23)3)20(25)13-30-21(26)18-12-16(24(27)28)5-6-19(18)22-7-9-29-10-8-22/h5-6,11-12H,4,7-10,13H2,1-3H3. The maximum Gasteiger partial charge on any atom is 0.340 e. The minimum absolute atomic E-state index is 0.0675. The molecule has 0 unspecified atom stereocenters. The molecule has 0 N–H and O–H groups in total. The van der Waals surface area contributed by atoms with E-state index in [-0.39, 0.29) is 17.0 Å². The summed E-state index contributed by atoms with van der Waals surface area (Å²) in [6.45, 7) is 8.16. The predicted octanol–water partition coefficient (Wildman–Crippen LogP) is 2.91. The maximum atomic E-state index is 12.8. The average Bonchev–Trinajstić information content (AvgIpc) is 3.05. The molecule has 0 atom stereocenters. The van der Waals surface area contributed by atoms with Crippen molar-refractivity contribution in [1.29, 1.82) is 0 Å². The number of hydrogen-bond donors (Lipinski definition) is 0. The Hall–Kier alpha value is -3.20. The van der Waals surface area contributed by atoms with Crippen molar-refractivity contribution in [3.63, 3.8) is 0 Å². The number of morpholine rings is 1. The fraction of sp³-hybridized carbons (Fsp3) is 0.429. The Kier molecular flexibility index (Phi) is 6.51. The predicted molar refractivity (Wildman–Crippen MR) is 110 cm³/mol. The first-order valence-electron chi connectivity index (χ1n) is 9.81. The summed E-state index contributed by atoms with van der Waals surface area (Å²) in [7, 11) is 0. The number of ketones is 1. The van der Waals surface area contributed by atoms with E-state index in [1.165, 1.54) is 18.2 Å². The summed E-state index contributed by atoms with van der Waals surface area (Å²) in [5.41, 5.74) is 2.67. The largest absolute Gasteiger partial charge is 0.454 e. The van der Waals surface area contributed by atoms with E-state index in [2.05, 4.69) is 0 Å². The SMILES string of the molecule is CCn1c(C)cc(C(=O)COC(=O)c2cc([N+](=O)[O-])ccc2N2CCOCC2)c1C. The smallest absolute Gasteiger partial charge is 0.340 e. The van der Waals surface area contributed by atoms with Crippen LogP contribution in [-0.2, 0) is 16.0 Å². The highest BCUT2D eigenvalue weighted by Crippen LogP contribution is 2.27. The van der Waals surface area contributed by atoms with E-state index in [1.54, 1.807) is 6.07 Å². The molecule has 0 aliphatic carbocycles. The first kappa shape index (κ1) is 21.5. The summed E-state index contributed by atoms with van der Waals surface area (Å²) in [5.74, 6) is -1.08. The number of nitro benzene ring substituents is 1. The zero-order valence-electron chi connectivity index (χ0n) is 17.3. The number of aryl methyl sites for hydroxylation is 1. The van der Waals surface area contributed by atoms with Gasteiger partial charge in [-0.3, -0.25) is 14.9 Å². The summed E-state index contributed by atoms with van der Waals surface area (Å²) >= 11 is 0. The van der Waals surface area contributed by atoms with Crippen molar-refractivity contribution in [2.45, 2.75) is 27.3 Å². The van der Waals surface area contributed by atoms with Gasteiger partial charge in [-0.2, -0.15) is 0 Å². The fourth-order valence-electron chi connectivity index (χ4n) is 3.74. The molecule has 1 aliphatic heterocycles. The third-order valence-electron chi connectivity index (χ3n) is 5.29. The van der Waals surface area contributed by atoms with Crippen molar-refractivity contribution in [2.24, 2.45) is 0 Å². The van der Waals surface area contributed by atoms with Gasteiger partial charge in [0.2, 0.25) is 5.78 Å². The topological polar surface area (TPSA) is 104 Å². The fourth-order valence-corrected chi connectivity index (χ4v) is 3.74.